The first-order valence-electron chi connectivity index (χ1n) is 6.17. The number of rotatable bonds is 2. The van der Waals surface area contributed by atoms with Crippen molar-refractivity contribution in [1.29, 1.82) is 0 Å². The Morgan fingerprint density at radius 2 is 1.55 bits per heavy atom. The summed E-state index contributed by atoms with van der Waals surface area (Å²) in [6, 6.07) is 7.88. The predicted octanol–water partition coefficient (Wildman–Crippen LogP) is 1.81. The van der Waals surface area contributed by atoms with E-state index >= 15 is 0 Å². The van der Waals surface area contributed by atoms with Gasteiger partial charge in [0.25, 0.3) is 5.56 Å². The molecular formula is C16H11NO3. The Balaban J connectivity index is 2.28. The van der Waals surface area contributed by atoms with Gasteiger partial charge in [-0.1, -0.05) is 30.3 Å². The minimum absolute atomic E-state index is 0.180. The standard InChI is InChI=1S/C16H11NO3/c1-2-7-17-9-13-12(8-14(17)18)15(19)10-5-3-4-6-11(10)16(13)20/h2-6,8-9H,1,7H2. The van der Waals surface area contributed by atoms with Crippen LogP contribution in [0.3, 0.4) is 0 Å². The van der Waals surface area contributed by atoms with E-state index in [0.717, 1.165) is 0 Å². The number of pyridine rings is 1. The van der Waals surface area contributed by atoms with Crippen LogP contribution in [0.25, 0.3) is 0 Å². The molecule has 0 saturated heterocycles. The summed E-state index contributed by atoms with van der Waals surface area (Å²) < 4.78 is 1.37. The maximum Gasteiger partial charge on any atom is 0.251 e. The number of fused-ring (bicyclic) bond motifs is 2. The molecule has 0 atom stereocenters. The van der Waals surface area contributed by atoms with Gasteiger partial charge in [0.1, 0.15) is 0 Å². The van der Waals surface area contributed by atoms with Crippen molar-refractivity contribution < 1.29 is 9.59 Å². The van der Waals surface area contributed by atoms with Crippen LogP contribution in [0.5, 0.6) is 0 Å². The molecule has 20 heavy (non-hydrogen) atoms. The molecular weight excluding hydrogens is 254 g/mol. The Morgan fingerprint density at radius 1 is 0.950 bits per heavy atom. The molecule has 0 radical (unpaired) electrons. The van der Waals surface area contributed by atoms with Crippen LogP contribution >= 0.6 is 0 Å². The number of carbonyl (C=O) groups is 2. The number of hydrogen-bond acceptors (Lipinski definition) is 3. The number of ketones is 2. The van der Waals surface area contributed by atoms with E-state index in [0.29, 0.717) is 17.7 Å². The van der Waals surface area contributed by atoms with Gasteiger partial charge in [0.2, 0.25) is 0 Å². The predicted molar refractivity (Wildman–Crippen MR) is 74.2 cm³/mol. The van der Waals surface area contributed by atoms with Crippen molar-refractivity contribution in [1.82, 2.24) is 4.57 Å². The second-order valence-electron chi connectivity index (χ2n) is 4.58. The maximum absolute atomic E-state index is 12.4. The van der Waals surface area contributed by atoms with Crippen molar-refractivity contribution in [3.8, 4) is 0 Å². The molecule has 1 aliphatic rings. The van der Waals surface area contributed by atoms with E-state index in [1.54, 1.807) is 30.3 Å². The number of aromatic nitrogens is 1. The average molecular weight is 265 g/mol. The number of allylic oxidation sites excluding steroid dienone is 1. The first-order chi connectivity index (χ1) is 9.63. The lowest BCUT2D eigenvalue weighted by Gasteiger charge is -2.18. The molecule has 0 aliphatic heterocycles. The molecule has 0 amide bonds. The van der Waals surface area contributed by atoms with Crippen molar-refractivity contribution in [3.63, 3.8) is 0 Å². The van der Waals surface area contributed by atoms with Crippen LogP contribution in [0.4, 0.5) is 0 Å². The fourth-order valence-corrected chi connectivity index (χ4v) is 2.39. The number of hydrogen-bond donors (Lipinski definition) is 0. The summed E-state index contributed by atoms with van der Waals surface area (Å²) in [5.41, 5.74) is 0.873. The summed E-state index contributed by atoms with van der Waals surface area (Å²) >= 11 is 0. The maximum atomic E-state index is 12.4. The molecule has 98 valence electrons. The Bertz CT molecular complexity index is 815. The summed E-state index contributed by atoms with van der Waals surface area (Å²) in [6.45, 7) is 3.87. The second kappa shape index (κ2) is 4.42. The zero-order valence-electron chi connectivity index (χ0n) is 10.6. The Morgan fingerprint density at radius 3 is 2.15 bits per heavy atom. The minimum Gasteiger partial charge on any atom is -0.311 e. The number of nitrogens with zero attached hydrogens (tertiary/aromatic N) is 1. The van der Waals surface area contributed by atoms with Crippen LogP contribution in [0.1, 0.15) is 31.8 Å². The third-order valence-corrected chi connectivity index (χ3v) is 3.36. The number of carbonyl (C=O) groups excluding carboxylic acids is 2. The highest BCUT2D eigenvalue weighted by atomic mass is 16.1. The summed E-state index contributed by atoms with van der Waals surface area (Å²) in [5, 5.41) is 0. The van der Waals surface area contributed by atoms with Gasteiger partial charge in [0.15, 0.2) is 11.6 Å². The van der Waals surface area contributed by atoms with Crippen LogP contribution in [-0.2, 0) is 6.54 Å². The van der Waals surface area contributed by atoms with Crippen molar-refractivity contribution in [2.75, 3.05) is 0 Å². The van der Waals surface area contributed by atoms with Crippen LogP contribution in [0.15, 0.2) is 54.0 Å². The van der Waals surface area contributed by atoms with Gasteiger partial charge in [-0.3, -0.25) is 14.4 Å². The van der Waals surface area contributed by atoms with E-state index in [9.17, 15) is 14.4 Å². The third-order valence-electron chi connectivity index (χ3n) is 3.36. The summed E-state index contributed by atoms with van der Waals surface area (Å²) in [6.07, 6.45) is 3.01. The zero-order chi connectivity index (χ0) is 14.3. The van der Waals surface area contributed by atoms with Gasteiger partial charge < -0.3 is 4.57 Å². The average Bonchev–Trinajstić information content (AvgIpc) is 2.46. The summed E-state index contributed by atoms with van der Waals surface area (Å²) in [4.78, 5) is 36.7. The smallest absolute Gasteiger partial charge is 0.251 e. The van der Waals surface area contributed by atoms with Crippen LogP contribution in [0, 0.1) is 0 Å². The molecule has 4 heteroatoms. The molecule has 0 unspecified atom stereocenters. The fraction of sp³-hybridized carbons (Fsp3) is 0.0625. The molecule has 3 rings (SSSR count). The van der Waals surface area contributed by atoms with E-state index in [-0.39, 0.29) is 28.3 Å². The molecule has 1 heterocycles. The highest BCUT2D eigenvalue weighted by Crippen LogP contribution is 2.25. The summed E-state index contributed by atoms with van der Waals surface area (Å²) in [7, 11) is 0. The second-order valence-corrected chi connectivity index (χ2v) is 4.58. The van der Waals surface area contributed by atoms with Crippen molar-refractivity contribution in [2.45, 2.75) is 6.54 Å². The first-order valence-corrected chi connectivity index (χ1v) is 6.17. The monoisotopic (exact) mass is 265 g/mol. The van der Waals surface area contributed by atoms with E-state index < -0.39 is 0 Å². The Hall–Kier alpha value is -2.75. The molecule has 0 saturated carbocycles. The van der Waals surface area contributed by atoms with Gasteiger partial charge in [0.05, 0.1) is 5.56 Å². The highest BCUT2D eigenvalue weighted by molar-refractivity contribution is 6.28. The molecule has 4 nitrogen and oxygen atoms in total. The fourth-order valence-electron chi connectivity index (χ4n) is 2.39. The molecule has 1 aromatic carbocycles. The van der Waals surface area contributed by atoms with Gasteiger partial charge in [0, 0.05) is 35.5 Å². The molecule has 2 aromatic rings. The van der Waals surface area contributed by atoms with E-state index in [1.807, 2.05) is 0 Å². The first kappa shape index (κ1) is 12.3. The topological polar surface area (TPSA) is 56.1 Å². The van der Waals surface area contributed by atoms with E-state index in [1.165, 1.54) is 16.8 Å². The van der Waals surface area contributed by atoms with E-state index in [2.05, 4.69) is 6.58 Å². The van der Waals surface area contributed by atoms with Gasteiger partial charge in [-0.05, 0) is 0 Å². The molecule has 1 aromatic heterocycles. The molecule has 0 fully saturated rings. The molecule has 0 spiro atoms. The van der Waals surface area contributed by atoms with Crippen molar-refractivity contribution >= 4 is 11.6 Å². The molecule has 0 N–H and O–H groups in total. The SMILES string of the molecule is C=CCn1cc2c(cc1=O)C(=O)c1ccccc1C2=O. The van der Waals surface area contributed by atoms with Gasteiger partial charge in [-0.25, -0.2) is 0 Å². The lowest BCUT2D eigenvalue weighted by molar-refractivity contribution is 0.0978. The van der Waals surface area contributed by atoms with Crippen LogP contribution in [-0.4, -0.2) is 16.1 Å². The van der Waals surface area contributed by atoms with Crippen molar-refractivity contribution in [2.24, 2.45) is 0 Å². The van der Waals surface area contributed by atoms with Gasteiger partial charge >= 0.3 is 0 Å². The molecule has 0 bridgehead atoms. The lowest BCUT2D eigenvalue weighted by Crippen LogP contribution is -2.28. The third kappa shape index (κ3) is 1.66. The van der Waals surface area contributed by atoms with E-state index in [4.69, 9.17) is 0 Å². The van der Waals surface area contributed by atoms with Crippen LogP contribution < -0.4 is 5.56 Å². The van der Waals surface area contributed by atoms with Gasteiger partial charge in [-0.15, -0.1) is 6.58 Å². The Labute approximate surface area is 115 Å². The minimum atomic E-state index is -0.316. The molecule has 1 aliphatic carbocycles. The normalized spacial score (nSPS) is 12.8. The largest absolute Gasteiger partial charge is 0.311 e. The summed E-state index contributed by atoms with van der Waals surface area (Å²) in [5.74, 6) is -0.508. The van der Waals surface area contributed by atoms with Crippen LogP contribution in [0.2, 0.25) is 0 Å². The Kier molecular flexibility index (Phi) is 2.71. The zero-order valence-corrected chi connectivity index (χ0v) is 10.6. The van der Waals surface area contributed by atoms with Gasteiger partial charge in [-0.2, -0.15) is 0 Å². The van der Waals surface area contributed by atoms with Crippen molar-refractivity contribution in [3.05, 3.63) is 81.8 Å². The number of benzene rings is 1. The highest BCUT2D eigenvalue weighted by Gasteiger charge is 2.30. The quantitative estimate of drug-likeness (QED) is 0.664. The lowest BCUT2D eigenvalue weighted by atomic mass is 9.85.